The maximum absolute atomic E-state index is 13.6. The Morgan fingerprint density at radius 3 is 2.14 bits per heavy atom. The average Bonchev–Trinajstić information content (AvgIpc) is 2.74. The van der Waals surface area contributed by atoms with E-state index in [9.17, 15) is 13.5 Å². The first-order valence-corrected chi connectivity index (χ1v) is 11.9. The molecule has 1 aliphatic carbocycles. The van der Waals surface area contributed by atoms with Gasteiger partial charge >= 0.3 is 0 Å². The Bertz CT molecular complexity index is 852. The van der Waals surface area contributed by atoms with Gasteiger partial charge in [0.25, 0.3) is 0 Å². The van der Waals surface area contributed by atoms with E-state index in [-0.39, 0.29) is 30.2 Å². The van der Waals surface area contributed by atoms with Crippen LogP contribution in [0.15, 0.2) is 65.6 Å². The minimum atomic E-state index is -3.87. The van der Waals surface area contributed by atoms with E-state index >= 15 is 0 Å². The molecule has 1 atom stereocenters. The van der Waals surface area contributed by atoms with Crippen molar-refractivity contribution >= 4 is 10.0 Å². The molecule has 2 aromatic rings. The van der Waals surface area contributed by atoms with E-state index < -0.39 is 15.7 Å². The molecule has 1 fully saturated rings. The summed E-state index contributed by atoms with van der Waals surface area (Å²) in [4.78, 5) is 0.208. The lowest BCUT2D eigenvalue weighted by molar-refractivity contribution is -0.0719. The summed E-state index contributed by atoms with van der Waals surface area (Å²) in [5.41, 5.74) is 5.16. The zero-order chi connectivity index (χ0) is 20.7. The minimum absolute atomic E-state index is 0.181. The molecular weight excluding hydrogens is 384 g/mol. The van der Waals surface area contributed by atoms with Gasteiger partial charge in [-0.05, 0) is 43.0 Å². The summed E-state index contributed by atoms with van der Waals surface area (Å²) < 4.78 is 28.6. The topological polar surface area (TPSA) is 83.6 Å². The number of benzene rings is 2. The zero-order valence-corrected chi connectivity index (χ0v) is 17.7. The van der Waals surface area contributed by atoms with E-state index in [0.29, 0.717) is 6.54 Å². The van der Waals surface area contributed by atoms with Gasteiger partial charge in [-0.3, -0.25) is 0 Å². The lowest BCUT2D eigenvalue weighted by atomic mass is 9.88. The second kappa shape index (κ2) is 9.85. The number of sulfonamides is 1. The Balaban J connectivity index is 2.00. The third kappa shape index (κ3) is 5.45. The fourth-order valence-electron chi connectivity index (χ4n) is 4.27. The van der Waals surface area contributed by atoms with Crippen LogP contribution in [0.5, 0.6) is 0 Å². The van der Waals surface area contributed by atoms with Crippen molar-refractivity contribution in [2.75, 3.05) is 13.1 Å². The van der Waals surface area contributed by atoms with Gasteiger partial charge in [-0.15, -0.1) is 0 Å². The molecule has 3 N–H and O–H groups in total. The van der Waals surface area contributed by atoms with Gasteiger partial charge in [0, 0.05) is 19.4 Å². The van der Waals surface area contributed by atoms with Crippen LogP contribution < -0.4 is 5.73 Å². The number of nitrogens with two attached hydrogens (primary N) is 1. The molecule has 0 amide bonds. The monoisotopic (exact) mass is 416 g/mol. The van der Waals surface area contributed by atoms with Crippen LogP contribution >= 0.6 is 0 Å². The lowest BCUT2D eigenvalue weighted by Crippen LogP contribution is -2.55. The summed E-state index contributed by atoms with van der Waals surface area (Å²) in [6, 6.07) is 17.9. The molecule has 6 heteroatoms. The molecule has 0 radical (unpaired) electrons. The van der Waals surface area contributed by atoms with E-state index in [1.807, 2.05) is 30.3 Å². The fourth-order valence-corrected chi connectivity index (χ4v) is 6.04. The van der Waals surface area contributed by atoms with E-state index in [1.165, 1.54) is 10.7 Å². The number of hydrogen-bond acceptors (Lipinski definition) is 4. The molecule has 2 aromatic carbocycles. The molecule has 1 aliphatic rings. The third-order valence-electron chi connectivity index (χ3n) is 5.82. The first-order valence-electron chi connectivity index (χ1n) is 10.5. The molecule has 1 saturated carbocycles. The van der Waals surface area contributed by atoms with Gasteiger partial charge in [-0.25, -0.2) is 8.42 Å². The predicted molar refractivity (Wildman–Crippen MR) is 116 cm³/mol. The van der Waals surface area contributed by atoms with Crippen molar-refractivity contribution in [1.29, 1.82) is 0 Å². The van der Waals surface area contributed by atoms with Crippen LogP contribution in [0.2, 0.25) is 0 Å². The van der Waals surface area contributed by atoms with Crippen LogP contribution in [0.1, 0.15) is 44.1 Å². The summed E-state index contributed by atoms with van der Waals surface area (Å²) in [6.45, 7) is 0.523. The molecule has 1 unspecified atom stereocenters. The smallest absolute Gasteiger partial charge is 0.245 e. The fraction of sp³-hybridized carbons (Fsp3) is 0.478. The molecular formula is C23H32N2O3S. The standard InChI is InChI=1S/C23H32N2O3S/c24-17-16-23(26,18-20-10-4-1-5-11-20)25(19-21-12-6-2-7-13-21)29(27,28)22-14-8-3-9-15-22/h1,3-5,8-11,14-15,21,26H,2,6-7,12-13,16-19,24H2. The molecule has 3 rings (SSSR count). The van der Waals surface area contributed by atoms with Crippen molar-refractivity contribution in [2.24, 2.45) is 11.7 Å². The van der Waals surface area contributed by atoms with E-state index in [2.05, 4.69) is 0 Å². The first kappa shape index (κ1) is 22.0. The summed E-state index contributed by atoms with van der Waals surface area (Å²) in [5, 5.41) is 11.7. The van der Waals surface area contributed by atoms with Crippen molar-refractivity contribution in [3.05, 3.63) is 66.2 Å². The molecule has 29 heavy (non-hydrogen) atoms. The van der Waals surface area contributed by atoms with Crippen LogP contribution in [-0.2, 0) is 16.4 Å². The average molecular weight is 417 g/mol. The van der Waals surface area contributed by atoms with Gasteiger partial charge in [0.1, 0.15) is 5.72 Å². The van der Waals surface area contributed by atoms with Gasteiger partial charge in [-0.2, -0.15) is 4.31 Å². The highest BCUT2D eigenvalue weighted by atomic mass is 32.2. The van der Waals surface area contributed by atoms with Gasteiger partial charge in [0.15, 0.2) is 0 Å². The van der Waals surface area contributed by atoms with Crippen molar-refractivity contribution in [3.63, 3.8) is 0 Å². The maximum atomic E-state index is 13.6. The van der Waals surface area contributed by atoms with Crippen LogP contribution in [-0.4, -0.2) is 36.6 Å². The molecule has 0 bridgehead atoms. The highest BCUT2D eigenvalue weighted by molar-refractivity contribution is 7.89. The highest BCUT2D eigenvalue weighted by Crippen LogP contribution is 2.33. The molecule has 0 aromatic heterocycles. The van der Waals surface area contributed by atoms with Gasteiger partial charge in [0.05, 0.1) is 4.90 Å². The van der Waals surface area contributed by atoms with Crippen LogP contribution in [0.25, 0.3) is 0 Å². The quantitative estimate of drug-likeness (QED) is 0.613. The Morgan fingerprint density at radius 2 is 1.55 bits per heavy atom. The van der Waals surface area contributed by atoms with E-state index in [0.717, 1.165) is 31.2 Å². The SMILES string of the molecule is NCCC(O)(Cc1ccccc1)N(CC1CCCCC1)S(=O)(=O)c1ccccc1. The second-order valence-corrected chi connectivity index (χ2v) is 9.90. The Kier molecular flexibility index (Phi) is 7.46. The summed E-state index contributed by atoms with van der Waals surface area (Å²) in [5.74, 6) is 0.252. The van der Waals surface area contributed by atoms with Crippen LogP contribution in [0.4, 0.5) is 0 Å². The van der Waals surface area contributed by atoms with Gasteiger partial charge in [0.2, 0.25) is 10.0 Å². The largest absolute Gasteiger partial charge is 0.374 e. The van der Waals surface area contributed by atoms with Crippen molar-refractivity contribution in [2.45, 2.75) is 55.6 Å². The van der Waals surface area contributed by atoms with Crippen molar-refractivity contribution in [3.8, 4) is 0 Å². The highest BCUT2D eigenvalue weighted by Gasteiger charge is 2.43. The minimum Gasteiger partial charge on any atom is -0.374 e. The summed E-state index contributed by atoms with van der Waals surface area (Å²) in [7, 11) is -3.87. The molecule has 5 nitrogen and oxygen atoms in total. The number of aliphatic hydroxyl groups is 1. The number of nitrogens with zero attached hydrogens (tertiary/aromatic N) is 1. The van der Waals surface area contributed by atoms with E-state index in [4.69, 9.17) is 5.73 Å². The second-order valence-electron chi connectivity index (χ2n) is 8.04. The van der Waals surface area contributed by atoms with Gasteiger partial charge < -0.3 is 10.8 Å². The molecule has 158 valence electrons. The predicted octanol–water partition coefficient (Wildman–Crippen LogP) is 3.54. The summed E-state index contributed by atoms with van der Waals surface area (Å²) in [6.07, 6.45) is 5.79. The Morgan fingerprint density at radius 1 is 0.966 bits per heavy atom. The van der Waals surface area contributed by atoms with E-state index in [1.54, 1.807) is 30.3 Å². The normalized spacial score (nSPS) is 17.9. The molecule has 0 aliphatic heterocycles. The third-order valence-corrected chi connectivity index (χ3v) is 7.76. The Labute approximate surface area is 174 Å². The zero-order valence-electron chi connectivity index (χ0n) is 16.9. The van der Waals surface area contributed by atoms with Crippen molar-refractivity contribution in [1.82, 2.24) is 4.31 Å². The Hall–Kier alpha value is -1.73. The first-order chi connectivity index (χ1) is 14.0. The van der Waals surface area contributed by atoms with Crippen molar-refractivity contribution < 1.29 is 13.5 Å². The summed E-state index contributed by atoms with van der Waals surface area (Å²) >= 11 is 0. The maximum Gasteiger partial charge on any atom is 0.245 e. The molecule has 0 heterocycles. The van der Waals surface area contributed by atoms with Gasteiger partial charge in [-0.1, -0.05) is 67.8 Å². The number of rotatable bonds is 9. The van der Waals surface area contributed by atoms with Crippen LogP contribution in [0, 0.1) is 5.92 Å². The number of hydrogen-bond donors (Lipinski definition) is 2. The molecule has 0 saturated heterocycles. The lowest BCUT2D eigenvalue weighted by Gasteiger charge is -2.41. The van der Waals surface area contributed by atoms with Crippen LogP contribution in [0.3, 0.4) is 0 Å². The molecule has 0 spiro atoms.